The lowest BCUT2D eigenvalue weighted by atomic mass is 10.2. The van der Waals surface area contributed by atoms with E-state index in [1.54, 1.807) is 12.1 Å². The first kappa shape index (κ1) is 8.67. The van der Waals surface area contributed by atoms with Crippen LogP contribution >= 0.6 is 11.3 Å². The van der Waals surface area contributed by atoms with Crippen molar-refractivity contribution in [2.24, 2.45) is 0 Å². The summed E-state index contributed by atoms with van der Waals surface area (Å²) in [7, 11) is 0. The minimum Gasteiger partial charge on any atom is -0.394 e. The summed E-state index contributed by atoms with van der Waals surface area (Å²) in [6.45, 7) is -0.418. The van der Waals surface area contributed by atoms with Crippen molar-refractivity contribution in [3.63, 3.8) is 0 Å². The van der Waals surface area contributed by atoms with Crippen LogP contribution in [0.5, 0.6) is 0 Å². The lowest BCUT2D eigenvalue weighted by molar-refractivity contribution is -0.0135. The second-order valence-corrected chi connectivity index (χ2v) is 3.19. The molecule has 0 aliphatic carbocycles. The van der Waals surface area contributed by atoms with E-state index in [4.69, 9.17) is 10.2 Å². The Morgan fingerprint density at radius 1 is 1.45 bits per heavy atom. The molecular formula is C7H10O3S. The monoisotopic (exact) mass is 174 g/mol. The first-order chi connectivity index (χ1) is 5.25. The third kappa shape index (κ3) is 2.00. The lowest BCUT2D eigenvalue weighted by Gasteiger charge is -2.12. The van der Waals surface area contributed by atoms with Gasteiger partial charge in [-0.2, -0.15) is 0 Å². The molecule has 1 heterocycles. The number of aliphatic hydroxyl groups excluding tert-OH is 3. The molecule has 2 unspecified atom stereocenters. The molecule has 0 spiro atoms. The van der Waals surface area contributed by atoms with Crippen LogP contribution in [-0.2, 0) is 0 Å². The van der Waals surface area contributed by atoms with Crippen molar-refractivity contribution in [2.45, 2.75) is 12.2 Å². The molecule has 1 rings (SSSR count). The van der Waals surface area contributed by atoms with E-state index in [2.05, 4.69) is 0 Å². The zero-order valence-corrected chi connectivity index (χ0v) is 6.66. The summed E-state index contributed by atoms with van der Waals surface area (Å²) in [6.07, 6.45) is -2.03. The highest BCUT2D eigenvalue weighted by Crippen LogP contribution is 2.21. The Hall–Kier alpha value is -0.420. The van der Waals surface area contributed by atoms with Crippen LogP contribution in [0.1, 0.15) is 11.0 Å². The summed E-state index contributed by atoms with van der Waals surface area (Å²) < 4.78 is 0. The van der Waals surface area contributed by atoms with Gasteiger partial charge < -0.3 is 15.3 Å². The van der Waals surface area contributed by atoms with Crippen molar-refractivity contribution in [1.29, 1.82) is 0 Å². The molecule has 0 aliphatic rings. The number of rotatable bonds is 3. The van der Waals surface area contributed by atoms with Crippen LogP contribution < -0.4 is 0 Å². The van der Waals surface area contributed by atoms with Gasteiger partial charge in [-0.3, -0.25) is 0 Å². The third-order valence-corrected chi connectivity index (χ3v) is 2.33. The molecule has 3 N–H and O–H groups in total. The zero-order chi connectivity index (χ0) is 8.27. The van der Waals surface area contributed by atoms with E-state index >= 15 is 0 Å². The summed E-state index contributed by atoms with van der Waals surface area (Å²) in [5.74, 6) is 0. The zero-order valence-electron chi connectivity index (χ0n) is 5.84. The minimum absolute atomic E-state index is 0.418. The molecular weight excluding hydrogens is 164 g/mol. The molecule has 3 nitrogen and oxygen atoms in total. The normalized spacial score (nSPS) is 16.3. The van der Waals surface area contributed by atoms with Crippen LogP contribution in [0.2, 0.25) is 0 Å². The second kappa shape index (κ2) is 3.82. The number of thiophene rings is 1. The number of hydrogen-bond donors (Lipinski definition) is 3. The Balaban J connectivity index is 2.62. The molecule has 0 radical (unpaired) electrons. The van der Waals surface area contributed by atoms with Gasteiger partial charge in [-0.1, -0.05) is 6.07 Å². The molecule has 1 aromatic heterocycles. The van der Waals surface area contributed by atoms with Crippen LogP contribution in [-0.4, -0.2) is 28.0 Å². The molecule has 11 heavy (non-hydrogen) atoms. The van der Waals surface area contributed by atoms with Crippen molar-refractivity contribution < 1.29 is 15.3 Å². The van der Waals surface area contributed by atoms with Gasteiger partial charge in [0.15, 0.2) is 0 Å². The predicted octanol–water partition coefficient (Wildman–Crippen LogP) is 0.135. The van der Waals surface area contributed by atoms with Crippen molar-refractivity contribution in [3.05, 3.63) is 22.4 Å². The molecule has 0 amide bonds. The first-order valence-corrected chi connectivity index (χ1v) is 4.14. The molecule has 62 valence electrons. The SMILES string of the molecule is OCC(O)C(O)c1cccs1. The van der Waals surface area contributed by atoms with Crippen molar-refractivity contribution in [3.8, 4) is 0 Å². The molecule has 0 bridgehead atoms. The van der Waals surface area contributed by atoms with Gasteiger partial charge in [-0.05, 0) is 11.4 Å². The Morgan fingerprint density at radius 2 is 2.18 bits per heavy atom. The highest BCUT2D eigenvalue weighted by molar-refractivity contribution is 7.10. The van der Waals surface area contributed by atoms with Crippen LogP contribution in [0.25, 0.3) is 0 Å². The first-order valence-electron chi connectivity index (χ1n) is 3.26. The van der Waals surface area contributed by atoms with Gasteiger partial charge in [0.2, 0.25) is 0 Å². The molecule has 0 aromatic carbocycles. The van der Waals surface area contributed by atoms with Crippen LogP contribution in [0, 0.1) is 0 Å². The fraction of sp³-hybridized carbons (Fsp3) is 0.429. The topological polar surface area (TPSA) is 60.7 Å². The standard InChI is InChI=1S/C7H10O3S/c8-4-5(9)7(10)6-2-1-3-11-6/h1-3,5,7-10H,4H2. The van der Waals surface area contributed by atoms with Crippen LogP contribution in [0.4, 0.5) is 0 Å². The number of hydrogen-bond acceptors (Lipinski definition) is 4. The molecule has 1 aromatic rings. The summed E-state index contributed by atoms with van der Waals surface area (Å²) in [5, 5.41) is 28.6. The van der Waals surface area contributed by atoms with Crippen LogP contribution in [0.3, 0.4) is 0 Å². The Bertz CT molecular complexity index is 197. The van der Waals surface area contributed by atoms with Gasteiger partial charge in [-0.15, -0.1) is 11.3 Å². The predicted molar refractivity (Wildman–Crippen MR) is 42.4 cm³/mol. The highest BCUT2D eigenvalue weighted by Gasteiger charge is 2.17. The van der Waals surface area contributed by atoms with Gasteiger partial charge in [0, 0.05) is 4.88 Å². The van der Waals surface area contributed by atoms with E-state index in [1.165, 1.54) is 11.3 Å². The summed E-state index contributed by atoms with van der Waals surface area (Å²) in [5.41, 5.74) is 0. The fourth-order valence-electron chi connectivity index (χ4n) is 0.749. The van der Waals surface area contributed by atoms with E-state index in [9.17, 15) is 5.11 Å². The smallest absolute Gasteiger partial charge is 0.116 e. The summed E-state index contributed by atoms with van der Waals surface area (Å²) >= 11 is 1.35. The van der Waals surface area contributed by atoms with Crippen molar-refractivity contribution >= 4 is 11.3 Å². The van der Waals surface area contributed by atoms with Gasteiger partial charge in [0.05, 0.1) is 6.61 Å². The maximum absolute atomic E-state index is 9.28. The van der Waals surface area contributed by atoms with E-state index in [0.29, 0.717) is 4.88 Å². The van der Waals surface area contributed by atoms with Crippen LogP contribution in [0.15, 0.2) is 17.5 Å². The number of aliphatic hydroxyl groups is 3. The molecule has 0 aliphatic heterocycles. The quantitative estimate of drug-likeness (QED) is 0.610. The summed E-state index contributed by atoms with van der Waals surface area (Å²) in [6, 6.07) is 3.50. The van der Waals surface area contributed by atoms with E-state index in [-0.39, 0.29) is 0 Å². The Kier molecular flexibility index (Phi) is 3.02. The van der Waals surface area contributed by atoms with Crippen molar-refractivity contribution in [2.75, 3.05) is 6.61 Å². The third-order valence-electron chi connectivity index (χ3n) is 1.39. The van der Waals surface area contributed by atoms with Gasteiger partial charge in [0.25, 0.3) is 0 Å². The minimum atomic E-state index is -1.08. The fourth-order valence-corrected chi connectivity index (χ4v) is 1.52. The van der Waals surface area contributed by atoms with Gasteiger partial charge in [0.1, 0.15) is 12.2 Å². The maximum atomic E-state index is 9.28. The molecule has 2 atom stereocenters. The lowest BCUT2D eigenvalue weighted by Crippen LogP contribution is -2.21. The molecule has 0 saturated heterocycles. The largest absolute Gasteiger partial charge is 0.394 e. The summed E-state index contributed by atoms with van der Waals surface area (Å²) in [4.78, 5) is 0.673. The average Bonchev–Trinajstić information content (AvgIpc) is 2.53. The second-order valence-electron chi connectivity index (χ2n) is 2.21. The van der Waals surface area contributed by atoms with E-state index in [1.807, 2.05) is 5.38 Å². The maximum Gasteiger partial charge on any atom is 0.116 e. The van der Waals surface area contributed by atoms with E-state index < -0.39 is 18.8 Å². The van der Waals surface area contributed by atoms with Crippen molar-refractivity contribution in [1.82, 2.24) is 0 Å². The molecule has 0 saturated carbocycles. The highest BCUT2D eigenvalue weighted by atomic mass is 32.1. The molecule has 0 fully saturated rings. The molecule has 4 heteroatoms. The van der Waals surface area contributed by atoms with E-state index in [0.717, 1.165) is 0 Å². The average molecular weight is 174 g/mol. The van der Waals surface area contributed by atoms with Gasteiger partial charge >= 0.3 is 0 Å². The Morgan fingerprint density at radius 3 is 2.64 bits per heavy atom. The Labute approximate surface area is 68.5 Å². The van der Waals surface area contributed by atoms with Gasteiger partial charge in [-0.25, -0.2) is 0 Å².